The minimum Gasteiger partial charge on any atom is -0.393 e. The lowest BCUT2D eigenvalue weighted by Crippen LogP contribution is -2.57. The average molecular weight is 344 g/mol. The van der Waals surface area contributed by atoms with E-state index in [-0.39, 0.29) is 6.10 Å². The van der Waals surface area contributed by atoms with Gasteiger partial charge in [-0.25, -0.2) is 0 Å². The monoisotopic (exact) mass is 343 g/mol. The maximum atomic E-state index is 11.2. The molecule has 0 bridgehead atoms. The predicted molar refractivity (Wildman–Crippen MR) is 101 cm³/mol. The van der Waals surface area contributed by atoms with Crippen LogP contribution in [0.25, 0.3) is 0 Å². The minimum absolute atomic E-state index is 0.0522. The van der Waals surface area contributed by atoms with Gasteiger partial charge in [0.15, 0.2) is 0 Å². The lowest BCUT2D eigenvalue weighted by atomic mass is 9.44. The molecule has 4 fully saturated rings. The fourth-order valence-electron chi connectivity index (χ4n) is 8.27. The van der Waals surface area contributed by atoms with Gasteiger partial charge in [-0.2, -0.15) is 5.26 Å². The zero-order valence-electron chi connectivity index (χ0n) is 16.3. The highest BCUT2D eigenvalue weighted by atomic mass is 16.3. The molecule has 0 aromatic rings. The van der Waals surface area contributed by atoms with E-state index in [4.69, 9.17) is 5.26 Å². The van der Waals surface area contributed by atoms with Gasteiger partial charge in [-0.15, -0.1) is 0 Å². The minimum atomic E-state index is -0.0522. The molecule has 8 unspecified atom stereocenters. The first-order valence-corrected chi connectivity index (χ1v) is 11.1. The maximum absolute atomic E-state index is 11.2. The molecular weight excluding hydrogens is 306 g/mol. The first kappa shape index (κ1) is 17.8. The van der Waals surface area contributed by atoms with E-state index in [2.05, 4.69) is 19.9 Å². The summed E-state index contributed by atoms with van der Waals surface area (Å²) in [5, 5.41) is 20.1. The largest absolute Gasteiger partial charge is 0.393 e. The van der Waals surface area contributed by atoms with Crippen molar-refractivity contribution < 1.29 is 5.11 Å². The zero-order valence-corrected chi connectivity index (χ0v) is 16.3. The first-order chi connectivity index (χ1) is 12.0. The Morgan fingerprint density at radius 1 is 1.00 bits per heavy atom. The van der Waals surface area contributed by atoms with Crippen LogP contribution >= 0.6 is 0 Å². The molecule has 4 aliphatic rings. The molecule has 0 aliphatic heterocycles. The summed E-state index contributed by atoms with van der Waals surface area (Å²) in [6.07, 6.45) is 15.0. The second-order valence-corrected chi connectivity index (χ2v) is 10.4. The Bertz CT molecular complexity index is 539. The molecule has 2 heteroatoms. The van der Waals surface area contributed by atoms with Gasteiger partial charge in [-0.05, 0) is 98.2 Å². The molecule has 25 heavy (non-hydrogen) atoms. The van der Waals surface area contributed by atoms with Crippen LogP contribution in [0.5, 0.6) is 0 Å². The Morgan fingerprint density at radius 2 is 1.80 bits per heavy atom. The van der Waals surface area contributed by atoms with Crippen LogP contribution in [0, 0.1) is 51.8 Å². The van der Waals surface area contributed by atoms with Gasteiger partial charge in [0.05, 0.1) is 12.2 Å². The van der Waals surface area contributed by atoms with Crippen LogP contribution in [0.1, 0.15) is 90.9 Å². The molecule has 0 aromatic carbocycles. The quantitative estimate of drug-likeness (QED) is 0.668. The summed E-state index contributed by atoms with van der Waals surface area (Å²) >= 11 is 0. The standard InChI is InChI=1S/C23H37NO/c1-22-12-5-3-8-17(22)15-20(25)21-18-10-9-16(7-4-6-14-24)23(18,2)13-11-19(21)22/h16-21,25H,3-13,15H2,1-2H3. The van der Waals surface area contributed by atoms with E-state index in [1.165, 1.54) is 57.8 Å². The molecule has 0 spiro atoms. The summed E-state index contributed by atoms with van der Waals surface area (Å²) in [6.45, 7) is 5.13. The molecule has 0 aromatic heterocycles. The van der Waals surface area contributed by atoms with Crippen molar-refractivity contribution in [3.05, 3.63) is 0 Å². The zero-order chi connectivity index (χ0) is 17.7. The number of hydrogen-bond acceptors (Lipinski definition) is 2. The van der Waals surface area contributed by atoms with Gasteiger partial charge < -0.3 is 5.11 Å². The third kappa shape index (κ3) is 2.68. The van der Waals surface area contributed by atoms with Gasteiger partial charge >= 0.3 is 0 Å². The summed E-state index contributed by atoms with van der Waals surface area (Å²) in [7, 11) is 0. The summed E-state index contributed by atoms with van der Waals surface area (Å²) in [4.78, 5) is 0. The molecule has 2 nitrogen and oxygen atoms in total. The van der Waals surface area contributed by atoms with E-state index in [0.29, 0.717) is 23.2 Å². The van der Waals surface area contributed by atoms with Crippen LogP contribution in [0.15, 0.2) is 0 Å². The highest BCUT2D eigenvalue weighted by molar-refractivity contribution is 5.10. The molecule has 140 valence electrons. The van der Waals surface area contributed by atoms with E-state index in [0.717, 1.165) is 36.5 Å². The van der Waals surface area contributed by atoms with Gasteiger partial charge in [0.2, 0.25) is 0 Å². The summed E-state index contributed by atoms with van der Waals surface area (Å²) in [5.41, 5.74) is 0.928. The fourth-order valence-corrected chi connectivity index (χ4v) is 8.27. The van der Waals surface area contributed by atoms with Gasteiger partial charge in [0, 0.05) is 6.42 Å². The molecule has 0 heterocycles. The number of unbranched alkanes of at least 4 members (excludes halogenated alkanes) is 1. The lowest BCUT2D eigenvalue weighted by Gasteiger charge is -2.62. The Kier molecular flexibility index (Phi) is 4.68. The summed E-state index contributed by atoms with van der Waals surface area (Å²) in [5.74, 6) is 3.61. The predicted octanol–water partition coefficient (Wildman–Crippen LogP) is 5.70. The first-order valence-electron chi connectivity index (χ1n) is 11.1. The topological polar surface area (TPSA) is 44.0 Å². The number of fused-ring (bicyclic) bond motifs is 5. The van der Waals surface area contributed by atoms with E-state index in [1.807, 2.05) is 0 Å². The van der Waals surface area contributed by atoms with Crippen molar-refractivity contribution >= 4 is 0 Å². The smallest absolute Gasteiger partial charge is 0.0621 e. The second-order valence-electron chi connectivity index (χ2n) is 10.4. The maximum Gasteiger partial charge on any atom is 0.0621 e. The van der Waals surface area contributed by atoms with Crippen LogP contribution in [0.3, 0.4) is 0 Å². The highest BCUT2D eigenvalue weighted by Crippen LogP contribution is 2.67. The number of hydrogen-bond donors (Lipinski definition) is 1. The molecule has 0 radical (unpaired) electrons. The van der Waals surface area contributed by atoms with Crippen molar-refractivity contribution in [1.29, 1.82) is 5.26 Å². The van der Waals surface area contributed by atoms with Gasteiger partial charge in [-0.1, -0.05) is 26.7 Å². The summed E-state index contributed by atoms with van der Waals surface area (Å²) in [6, 6.07) is 2.32. The van der Waals surface area contributed by atoms with Crippen LogP contribution in [-0.4, -0.2) is 11.2 Å². The lowest BCUT2D eigenvalue weighted by molar-refractivity contribution is -0.162. The van der Waals surface area contributed by atoms with Crippen molar-refractivity contribution in [1.82, 2.24) is 0 Å². The number of aliphatic hydroxyl groups excluding tert-OH is 1. The van der Waals surface area contributed by atoms with Crippen molar-refractivity contribution in [2.75, 3.05) is 0 Å². The van der Waals surface area contributed by atoms with Crippen molar-refractivity contribution in [3.63, 3.8) is 0 Å². The van der Waals surface area contributed by atoms with Crippen LogP contribution in [0.2, 0.25) is 0 Å². The average Bonchev–Trinajstić information content (AvgIpc) is 2.92. The van der Waals surface area contributed by atoms with E-state index >= 15 is 0 Å². The highest BCUT2D eigenvalue weighted by Gasteiger charge is 2.61. The number of rotatable bonds is 3. The molecule has 8 atom stereocenters. The van der Waals surface area contributed by atoms with Gasteiger partial charge in [-0.3, -0.25) is 0 Å². The van der Waals surface area contributed by atoms with E-state index in [9.17, 15) is 5.11 Å². The molecule has 4 aliphatic carbocycles. The Balaban J connectivity index is 1.56. The number of nitrogens with zero attached hydrogens (tertiary/aromatic N) is 1. The van der Waals surface area contributed by atoms with Gasteiger partial charge in [0.1, 0.15) is 0 Å². The normalized spacial score (nSPS) is 51.9. The van der Waals surface area contributed by atoms with Crippen molar-refractivity contribution in [2.45, 2.75) is 97.0 Å². The number of aliphatic hydroxyl groups is 1. The molecule has 4 saturated carbocycles. The van der Waals surface area contributed by atoms with Crippen molar-refractivity contribution in [2.24, 2.45) is 40.4 Å². The fraction of sp³-hybridized carbons (Fsp3) is 0.957. The SMILES string of the molecule is CC12CCC3C(C(O)CC4CCCCC43C)C1CCC2CCCC#N. The Labute approximate surface area is 154 Å². The van der Waals surface area contributed by atoms with Crippen LogP contribution < -0.4 is 0 Å². The molecular formula is C23H37NO. The van der Waals surface area contributed by atoms with Crippen LogP contribution in [0.4, 0.5) is 0 Å². The van der Waals surface area contributed by atoms with E-state index < -0.39 is 0 Å². The van der Waals surface area contributed by atoms with Crippen molar-refractivity contribution in [3.8, 4) is 6.07 Å². The third-order valence-corrected chi connectivity index (χ3v) is 9.64. The Hall–Kier alpha value is -0.550. The molecule has 0 amide bonds. The molecule has 0 saturated heterocycles. The molecule has 1 N–H and O–H groups in total. The molecule has 4 rings (SSSR count). The third-order valence-electron chi connectivity index (χ3n) is 9.64. The second kappa shape index (κ2) is 6.56. The van der Waals surface area contributed by atoms with E-state index in [1.54, 1.807) is 0 Å². The summed E-state index contributed by atoms with van der Waals surface area (Å²) < 4.78 is 0. The number of nitriles is 1. The van der Waals surface area contributed by atoms with Gasteiger partial charge in [0.25, 0.3) is 0 Å². The van der Waals surface area contributed by atoms with Crippen LogP contribution in [-0.2, 0) is 0 Å². The Morgan fingerprint density at radius 3 is 2.60 bits per heavy atom.